The highest BCUT2D eigenvalue weighted by Crippen LogP contribution is 2.27. The molecule has 3 rings (SSSR count). The predicted octanol–water partition coefficient (Wildman–Crippen LogP) is 2.78. The van der Waals surface area contributed by atoms with Gasteiger partial charge in [0.15, 0.2) is 0 Å². The molecule has 0 spiro atoms. The van der Waals surface area contributed by atoms with Gasteiger partial charge in [-0.2, -0.15) is 10.1 Å². The second kappa shape index (κ2) is 5.42. The topological polar surface area (TPSA) is 57.6 Å². The number of amides is 2. The molecule has 6 heteroatoms. The van der Waals surface area contributed by atoms with E-state index < -0.39 is 0 Å². The van der Waals surface area contributed by atoms with Crippen LogP contribution in [0.1, 0.15) is 5.69 Å². The number of hydrazone groups is 1. The highest BCUT2D eigenvalue weighted by atomic mass is 79.9. The minimum atomic E-state index is -0.253. The number of nitrogens with zero attached hydrogens (tertiary/aromatic N) is 3. The molecular formula is C14H11BrN4O. The van der Waals surface area contributed by atoms with Crippen LogP contribution in [0.5, 0.6) is 0 Å². The van der Waals surface area contributed by atoms with E-state index >= 15 is 0 Å². The number of pyridine rings is 1. The van der Waals surface area contributed by atoms with Crippen molar-refractivity contribution in [3.63, 3.8) is 0 Å². The van der Waals surface area contributed by atoms with Crippen molar-refractivity contribution in [2.24, 2.45) is 5.10 Å². The Kier molecular flexibility index (Phi) is 3.47. The highest BCUT2D eigenvalue weighted by molar-refractivity contribution is 9.10. The Morgan fingerprint density at radius 1 is 1.15 bits per heavy atom. The minimum Gasteiger partial charge on any atom is -0.330 e. The average Bonchev–Trinajstić information content (AvgIpc) is 2.49. The van der Waals surface area contributed by atoms with Gasteiger partial charge in [0.25, 0.3) is 0 Å². The molecule has 1 aliphatic rings. The number of nitrogens with one attached hydrogen (secondary N) is 1. The van der Waals surface area contributed by atoms with Gasteiger partial charge in [-0.3, -0.25) is 4.98 Å². The van der Waals surface area contributed by atoms with Crippen LogP contribution in [0.15, 0.2) is 58.2 Å². The lowest BCUT2D eigenvalue weighted by atomic mass is 10.2. The summed E-state index contributed by atoms with van der Waals surface area (Å²) in [4.78, 5) is 16.2. The summed E-state index contributed by atoms with van der Waals surface area (Å²) in [5.74, 6) is 0. The molecular weight excluding hydrogens is 320 g/mol. The Bertz CT molecular complexity index is 672. The molecule has 1 N–H and O–H groups in total. The molecule has 2 aromatic rings. The molecule has 1 aliphatic heterocycles. The number of halogens is 1. The van der Waals surface area contributed by atoms with Crippen LogP contribution in [-0.4, -0.2) is 23.3 Å². The standard InChI is InChI=1S/C14H11BrN4O/c15-10-5-1-2-7-13(10)19-14(20)17-9-12(18-19)11-6-3-4-8-16-11/h1-8H,9H2,(H,17,20). The molecule has 1 aromatic heterocycles. The van der Waals surface area contributed by atoms with Crippen LogP contribution in [-0.2, 0) is 0 Å². The molecule has 0 unspecified atom stereocenters. The molecule has 100 valence electrons. The van der Waals surface area contributed by atoms with E-state index in [0.29, 0.717) is 12.2 Å². The number of hydrogen-bond acceptors (Lipinski definition) is 3. The van der Waals surface area contributed by atoms with Crippen LogP contribution in [0.25, 0.3) is 0 Å². The molecule has 0 atom stereocenters. The summed E-state index contributed by atoms with van der Waals surface area (Å²) in [6.45, 7) is 0.372. The molecule has 0 saturated carbocycles. The summed E-state index contributed by atoms with van der Waals surface area (Å²) in [6, 6.07) is 12.8. The normalized spacial score (nSPS) is 14.8. The summed E-state index contributed by atoms with van der Waals surface area (Å²) in [6.07, 6.45) is 1.71. The van der Waals surface area contributed by atoms with Crippen molar-refractivity contribution >= 4 is 33.4 Å². The Morgan fingerprint density at radius 2 is 1.95 bits per heavy atom. The van der Waals surface area contributed by atoms with E-state index in [9.17, 15) is 4.79 Å². The summed E-state index contributed by atoms with van der Waals surface area (Å²) in [5.41, 5.74) is 2.17. The molecule has 2 heterocycles. The van der Waals surface area contributed by atoms with E-state index in [1.165, 1.54) is 5.01 Å². The first kappa shape index (κ1) is 12.8. The van der Waals surface area contributed by atoms with Crippen molar-refractivity contribution in [2.45, 2.75) is 0 Å². The van der Waals surface area contributed by atoms with E-state index in [-0.39, 0.29) is 6.03 Å². The summed E-state index contributed by atoms with van der Waals surface area (Å²) < 4.78 is 0.807. The number of urea groups is 1. The summed E-state index contributed by atoms with van der Waals surface area (Å²) >= 11 is 3.43. The summed E-state index contributed by atoms with van der Waals surface area (Å²) in [7, 11) is 0. The molecule has 0 saturated heterocycles. The number of benzene rings is 1. The number of carbonyl (C=O) groups excluding carboxylic acids is 1. The molecule has 1 aromatic carbocycles. The zero-order chi connectivity index (χ0) is 13.9. The number of rotatable bonds is 2. The molecule has 0 radical (unpaired) electrons. The number of para-hydroxylation sites is 1. The van der Waals surface area contributed by atoms with Gasteiger partial charge >= 0.3 is 6.03 Å². The summed E-state index contributed by atoms with van der Waals surface area (Å²) in [5, 5.41) is 8.56. The van der Waals surface area contributed by atoms with Crippen LogP contribution >= 0.6 is 15.9 Å². The number of aromatic nitrogens is 1. The Morgan fingerprint density at radius 3 is 2.70 bits per heavy atom. The quantitative estimate of drug-likeness (QED) is 0.920. The van der Waals surface area contributed by atoms with Crippen molar-refractivity contribution in [3.8, 4) is 0 Å². The fraction of sp³-hybridized carbons (Fsp3) is 0.0714. The third-order valence-electron chi connectivity index (χ3n) is 2.86. The first-order valence-electron chi connectivity index (χ1n) is 6.07. The second-order valence-electron chi connectivity index (χ2n) is 4.18. The molecule has 0 aliphatic carbocycles. The van der Waals surface area contributed by atoms with Gasteiger partial charge in [-0.05, 0) is 40.2 Å². The highest BCUT2D eigenvalue weighted by Gasteiger charge is 2.23. The molecule has 20 heavy (non-hydrogen) atoms. The number of anilines is 1. The maximum Gasteiger partial charge on any atom is 0.342 e. The molecule has 0 bridgehead atoms. The van der Waals surface area contributed by atoms with E-state index in [4.69, 9.17) is 0 Å². The Labute approximate surface area is 124 Å². The van der Waals surface area contributed by atoms with Crippen molar-refractivity contribution < 1.29 is 4.79 Å². The number of carbonyl (C=O) groups is 1. The maximum atomic E-state index is 12.0. The zero-order valence-electron chi connectivity index (χ0n) is 10.5. The smallest absolute Gasteiger partial charge is 0.330 e. The van der Waals surface area contributed by atoms with E-state index in [2.05, 4.69) is 31.3 Å². The van der Waals surface area contributed by atoms with Gasteiger partial charge in [-0.1, -0.05) is 18.2 Å². The van der Waals surface area contributed by atoms with Crippen LogP contribution in [0.2, 0.25) is 0 Å². The van der Waals surface area contributed by atoms with Crippen LogP contribution in [0.4, 0.5) is 10.5 Å². The van der Waals surface area contributed by atoms with Gasteiger partial charge in [0, 0.05) is 10.7 Å². The zero-order valence-corrected chi connectivity index (χ0v) is 12.0. The van der Waals surface area contributed by atoms with Crippen LogP contribution in [0.3, 0.4) is 0 Å². The van der Waals surface area contributed by atoms with Gasteiger partial charge in [-0.25, -0.2) is 4.79 Å². The average molecular weight is 331 g/mol. The molecule has 2 amide bonds. The van der Waals surface area contributed by atoms with Crippen molar-refractivity contribution in [3.05, 3.63) is 58.8 Å². The fourth-order valence-corrected chi connectivity index (χ4v) is 2.35. The van der Waals surface area contributed by atoms with Crippen LogP contribution in [0, 0.1) is 0 Å². The van der Waals surface area contributed by atoms with Gasteiger partial charge < -0.3 is 5.32 Å². The van der Waals surface area contributed by atoms with Crippen molar-refractivity contribution in [1.29, 1.82) is 0 Å². The van der Waals surface area contributed by atoms with E-state index in [1.807, 2.05) is 42.5 Å². The van der Waals surface area contributed by atoms with E-state index in [1.54, 1.807) is 6.20 Å². The first-order valence-corrected chi connectivity index (χ1v) is 6.86. The lowest BCUT2D eigenvalue weighted by Crippen LogP contribution is -2.45. The number of hydrogen-bond donors (Lipinski definition) is 1. The third kappa shape index (κ3) is 2.42. The Balaban J connectivity index is 2.02. The van der Waals surface area contributed by atoms with Crippen molar-refractivity contribution in [1.82, 2.24) is 10.3 Å². The lowest BCUT2D eigenvalue weighted by Gasteiger charge is -2.24. The maximum absolute atomic E-state index is 12.0. The molecule has 5 nitrogen and oxygen atoms in total. The van der Waals surface area contributed by atoms with Gasteiger partial charge in [-0.15, -0.1) is 0 Å². The van der Waals surface area contributed by atoms with Crippen molar-refractivity contribution in [2.75, 3.05) is 11.6 Å². The van der Waals surface area contributed by atoms with E-state index in [0.717, 1.165) is 15.9 Å². The first-order chi connectivity index (χ1) is 9.75. The predicted molar refractivity (Wildman–Crippen MR) is 80.8 cm³/mol. The van der Waals surface area contributed by atoms with Gasteiger partial charge in [0.2, 0.25) is 0 Å². The van der Waals surface area contributed by atoms with Gasteiger partial charge in [0.1, 0.15) is 5.71 Å². The Hall–Kier alpha value is -2.21. The monoisotopic (exact) mass is 330 g/mol. The largest absolute Gasteiger partial charge is 0.342 e. The molecule has 0 fully saturated rings. The third-order valence-corrected chi connectivity index (χ3v) is 3.53. The lowest BCUT2D eigenvalue weighted by molar-refractivity contribution is 0.246. The van der Waals surface area contributed by atoms with Crippen LogP contribution < -0.4 is 10.3 Å². The minimum absolute atomic E-state index is 0.253. The fourth-order valence-electron chi connectivity index (χ4n) is 1.90. The van der Waals surface area contributed by atoms with Gasteiger partial charge in [0.05, 0.1) is 17.9 Å². The SMILES string of the molecule is O=C1NCC(c2ccccn2)=NN1c1ccccc1Br. The second-order valence-corrected chi connectivity index (χ2v) is 5.04.